The van der Waals surface area contributed by atoms with Crippen molar-refractivity contribution in [2.24, 2.45) is 5.92 Å². The highest BCUT2D eigenvalue weighted by atomic mass is 32.2. The Kier molecular flexibility index (Phi) is 5.11. The zero-order valence-corrected chi connectivity index (χ0v) is 12.5. The summed E-state index contributed by atoms with van der Waals surface area (Å²) < 4.78 is 28.8. The Hall–Kier alpha value is -1.36. The minimum atomic E-state index is -3.46. The average Bonchev–Trinajstić information content (AvgIpc) is 2.37. The van der Waals surface area contributed by atoms with Crippen molar-refractivity contribution in [1.82, 2.24) is 0 Å². The molecule has 0 saturated carbocycles. The number of methoxy groups -OCH3 is 1. The highest BCUT2D eigenvalue weighted by molar-refractivity contribution is 7.91. The van der Waals surface area contributed by atoms with Crippen LogP contribution >= 0.6 is 0 Å². The van der Waals surface area contributed by atoms with Crippen LogP contribution in [-0.4, -0.2) is 27.2 Å². The van der Waals surface area contributed by atoms with Crippen molar-refractivity contribution in [3.8, 4) is 0 Å². The minimum absolute atomic E-state index is 0.235. The molecule has 4 nitrogen and oxygen atoms in total. The van der Waals surface area contributed by atoms with Gasteiger partial charge in [0.1, 0.15) is 0 Å². The number of hydrogen-bond donors (Lipinski definition) is 0. The van der Waals surface area contributed by atoms with Gasteiger partial charge in [0, 0.05) is 0 Å². The molecule has 0 bridgehead atoms. The molecule has 1 atom stereocenters. The van der Waals surface area contributed by atoms with Crippen molar-refractivity contribution in [2.75, 3.05) is 12.9 Å². The molecule has 0 heterocycles. The van der Waals surface area contributed by atoms with Crippen molar-refractivity contribution >= 4 is 15.8 Å². The van der Waals surface area contributed by atoms with Gasteiger partial charge in [-0.1, -0.05) is 32.9 Å². The topological polar surface area (TPSA) is 60.4 Å². The second-order valence-electron chi connectivity index (χ2n) is 4.93. The molecule has 0 amide bonds. The van der Waals surface area contributed by atoms with Crippen LogP contribution in [0.5, 0.6) is 0 Å². The van der Waals surface area contributed by atoms with Crippen LogP contribution in [0.25, 0.3) is 0 Å². The Labute approximate surface area is 114 Å². The third-order valence-corrected chi connectivity index (χ3v) is 4.91. The third kappa shape index (κ3) is 4.06. The first kappa shape index (κ1) is 15.7. The summed E-state index contributed by atoms with van der Waals surface area (Å²) >= 11 is 0. The number of carbonyl (C=O) groups is 1. The smallest absolute Gasteiger partial charge is 0.309 e. The summed E-state index contributed by atoms with van der Waals surface area (Å²) in [6.07, 6.45) is 0. The van der Waals surface area contributed by atoms with E-state index in [9.17, 15) is 13.2 Å². The Morgan fingerprint density at radius 2 is 1.68 bits per heavy atom. The monoisotopic (exact) mass is 284 g/mol. The average molecular weight is 284 g/mol. The van der Waals surface area contributed by atoms with Crippen molar-refractivity contribution < 1.29 is 17.9 Å². The molecule has 0 aliphatic rings. The maximum absolute atomic E-state index is 12.1. The second-order valence-corrected chi connectivity index (χ2v) is 6.96. The van der Waals surface area contributed by atoms with Crippen LogP contribution in [0.2, 0.25) is 0 Å². The molecule has 19 heavy (non-hydrogen) atoms. The lowest BCUT2D eigenvalue weighted by Crippen LogP contribution is -2.22. The molecule has 1 unspecified atom stereocenters. The molecule has 0 aromatic heterocycles. The van der Waals surface area contributed by atoms with E-state index in [1.54, 1.807) is 31.2 Å². The molecule has 0 N–H and O–H groups in total. The molecule has 5 heteroatoms. The van der Waals surface area contributed by atoms with E-state index in [4.69, 9.17) is 0 Å². The van der Waals surface area contributed by atoms with E-state index in [1.807, 2.05) is 13.8 Å². The Morgan fingerprint density at radius 3 is 2.11 bits per heavy atom. The van der Waals surface area contributed by atoms with Crippen LogP contribution in [0.15, 0.2) is 29.2 Å². The van der Waals surface area contributed by atoms with E-state index in [0.29, 0.717) is 5.92 Å². The SMILES string of the molecule is COC(=O)C(C)CS(=O)(=O)c1ccc(C(C)C)cc1. The predicted octanol–water partition coefficient (Wildman–Crippen LogP) is 2.39. The minimum Gasteiger partial charge on any atom is -0.469 e. The van der Waals surface area contributed by atoms with Crippen LogP contribution in [0.1, 0.15) is 32.3 Å². The second kappa shape index (κ2) is 6.19. The fourth-order valence-corrected chi connectivity index (χ4v) is 3.29. The van der Waals surface area contributed by atoms with Gasteiger partial charge >= 0.3 is 5.97 Å². The largest absolute Gasteiger partial charge is 0.469 e. The van der Waals surface area contributed by atoms with Crippen LogP contribution in [0.3, 0.4) is 0 Å². The van der Waals surface area contributed by atoms with Crippen molar-refractivity contribution in [2.45, 2.75) is 31.6 Å². The molecule has 1 rings (SSSR count). The van der Waals surface area contributed by atoms with E-state index in [1.165, 1.54) is 7.11 Å². The lowest BCUT2D eigenvalue weighted by atomic mass is 10.0. The maximum atomic E-state index is 12.1. The van der Waals surface area contributed by atoms with E-state index in [-0.39, 0.29) is 10.6 Å². The lowest BCUT2D eigenvalue weighted by Gasteiger charge is -2.11. The lowest BCUT2D eigenvalue weighted by molar-refractivity contribution is -0.144. The molecule has 0 radical (unpaired) electrons. The van der Waals surface area contributed by atoms with Gasteiger partial charge in [-0.25, -0.2) is 8.42 Å². The summed E-state index contributed by atoms with van der Waals surface area (Å²) in [7, 11) is -2.21. The van der Waals surface area contributed by atoms with E-state index in [2.05, 4.69) is 4.74 Å². The third-order valence-electron chi connectivity index (χ3n) is 2.98. The zero-order valence-electron chi connectivity index (χ0n) is 11.7. The summed E-state index contributed by atoms with van der Waals surface area (Å²) in [6.45, 7) is 5.64. The normalized spacial score (nSPS) is 13.3. The standard InChI is InChI=1S/C14H20O4S/c1-10(2)12-5-7-13(8-6-12)19(16,17)9-11(3)14(15)18-4/h5-8,10-11H,9H2,1-4H3. The van der Waals surface area contributed by atoms with Gasteiger partial charge in [-0.3, -0.25) is 4.79 Å². The number of hydrogen-bond acceptors (Lipinski definition) is 4. The highest BCUT2D eigenvalue weighted by Crippen LogP contribution is 2.19. The summed E-state index contributed by atoms with van der Waals surface area (Å²) in [6, 6.07) is 6.80. The van der Waals surface area contributed by atoms with Gasteiger partial charge in [-0.05, 0) is 23.6 Å². The zero-order chi connectivity index (χ0) is 14.6. The van der Waals surface area contributed by atoms with Gasteiger partial charge < -0.3 is 4.74 Å². The fraction of sp³-hybridized carbons (Fsp3) is 0.500. The fourth-order valence-electron chi connectivity index (χ4n) is 1.75. The highest BCUT2D eigenvalue weighted by Gasteiger charge is 2.23. The van der Waals surface area contributed by atoms with Crippen molar-refractivity contribution in [1.29, 1.82) is 0 Å². The van der Waals surface area contributed by atoms with E-state index < -0.39 is 21.7 Å². The summed E-state index contributed by atoms with van der Waals surface area (Å²) in [4.78, 5) is 11.5. The van der Waals surface area contributed by atoms with E-state index >= 15 is 0 Å². The Balaban J connectivity index is 2.91. The molecule has 0 aliphatic carbocycles. The Bertz CT molecular complexity index is 529. The van der Waals surface area contributed by atoms with Crippen LogP contribution < -0.4 is 0 Å². The molecular weight excluding hydrogens is 264 g/mol. The molecular formula is C14H20O4S. The number of benzene rings is 1. The van der Waals surface area contributed by atoms with Crippen LogP contribution in [0, 0.1) is 5.92 Å². The van der Waals surface area contributed by atoms with Gasteiger partial charge in [-0.2, -0.15) is 0 Å². The summed E-state index contributed by atoms with van der Waals surface area (Å²) in [5, 5.41) is 0. The number of sulfone groups is 1. The summed E-state index contributed by atoms with van der Waals surface area (Å²) in [5.41, 5.74) is 1.08. The van der Waals surface area contributed by atoms with Crippen molar-refractivity contribution in [3.05, 3.63) is 29.8 Å². The Morgan fingerprint density at radius 1 is 1.16 bits per heavy atom. The predicted molar refractivity (Wildman–Crippen MR) is 73.8 cm³/mol. The van der Waals surface area contributed by atoms with Gasteiger partial charge in [0.2, 0.25) is 0 Å². The molecule has 1 aromatic carbocycles. The number of ether oxygens (including phenoxy) is 1. The molecule has 0 saturated heterocycles. The first-order chi connectivity index (χ1) is 8.77. The van der Waals surface area contributed by atoms with Gasteiger partial charge in [-0.15, -0.1) is 0 Å². The first-order valence-corrected chi connectivity index (χ1v) is 7.83. The molecule has 1 aromatic rings. The van der Waals surface area contributed by atoms with Gasteiger partial charge in [0.15, 0.2) is 9.84 Å². The molecule has 0 aliphatic heterocycles. The van der Waals surface area contributed by atoms with Crippen LogP contribution in [-0.2, 0) is 19.4 Å². The number of carbonyl (C=O) groups excluding carboxylic acids is 1. The molecule has 0 fully saturated rings. The first-order valence-electron chi connectivity index (χ1n) is 6.18. The maximum Gasteiger partial charge on any atom is 0.309 e. The van der Waals surface area contributed by atoms with Gasteiger partial charge in [0.05, 0.1) is 23.7 Å². The molecule has 106 valence electrons. The van der Waals surface area contributed by atoms with Crippen LogP contribution in [0.4, 0.5) is 0 Å². The summed E-state index contributed by atoms with van der Waals surface area (Å²) in [5.74, 6) is -1.06. The van der Waals surface area contributed by atoms with E-state index in [0.717, 1.165) is 5.56 Å². The van der Waals surface area contributed by atoms with Gasteiger partial charge in [0.25, 0.3) is 0 Å². The quantitative estimate of drug-likeness (QED) is 0.779. The molecule has 0 spiro atoms. The number of esters is 1. The number of rotatable bonds is 5. The van der Waals surface area contributed by atoms with Crippen molar-refractivity contribution in [3.63, 3.8) is 0 Å².